The second-order valence-corrected chi connectivity index (χ2v) is 7.58. The fraction of sp³-hybridized carbons (Fsp3) is 0.455. The van der Waals surface area contributed by atoms with Gasteiger partial charge in [0.25, 0.3) is 0 Å². The van der Waals surface area contributed by atoms with Crippen LogP contribution in [-0.4, -0.2) is 19.3 Å². The summed E-state index contributed by atoms with van der Waals surface area (Å²) in [5.41, 5.74) is 3.33. The highest BCUT2D eigenvalue weighted by Crippen LogP contribution is 2.38. The molecule has 4 rings (SSSR count). The minimum Gasteiger partial charge on any atom is -0.471 e. The summed E-state index contributed by atoms with van der Waals surface area (Å²) in [7, 11) is 0. The third kappa shape index (κ3) is 4.41. The lowest BCUT2D eigenvalue weighted by Crippen LogP contribution is -2.33. The van der Waals surface area contributed by atoms with Gasteiger partial charge in [0.05, 0.1) is 5.69 Å². The van der Waals surface area contributed by atoms with E-state index in [-0.39, 0.29) is 0 Å². The Morgan fingerprint density at radius 2 is 1.85 bits per heavy atom. The lowest BCUT2D eigenvalue weighted by Gasteiger charge is -2.29. The number of halogens is 2. The summed E-state index contributed by atoms with van der Waals surface area (Å²) in [6.07, 6.45) is 6.42. The number of aryl methyl sites for hydroxylation is 1. The Bertz CT molecular complexity index is 788. The lowest BCUT2D eigenvalue weighted by atomic mass is 9.81. The van der Waals surface area contributed by atoms with E-state index in [1.165, 1.54) is 43.4 Å². The van der Waals surface area contributed by atoms with E-state index in [1.54, 1.807) is 6.07 Å². The van der Waals surface area contributed by atoms with Gasteiger partial charge in [-0.25, -0.2) is 8.78 Å². The number of nitrogens with one attached hydrogen (secondary N) is 2. The Balaban J connectivity index is 1.19. The summed E-state index contributed by atoms with van der Waals surface area (Å²) in [5.74, 6) is 0.0519. The van der Waals surface area contributed by atoms with Crippen LogP contribution in [-0.2, 0) is 6.42 Å². The normalized spacial score (nSPS) is 21.4. The molecule has 0 atom stereocenters. The standard InChI is InChI=1S/C22H26F2N2O/c23-19-9-3-15(12-20(19)24)2-1-11-25-18-7-4-16(5-8-18)17-6-10-21-22(13-17)27-14-26-21/h3,6,9-10,12-13,16,18,25-26H,1-2,4-5,7-8,11,14H2. The molecule has 0 unspecified atom stereocenters. The Labute approximate surface area is 159 Å². The minimum atomic E-state index is -0.778. The summed E-state index contributed by atoms with van der Waals surface area (Å²) in [6.45, 7) is 1.48. The first-order valence-corrected chi connectivity index (χ1v) is 9.87. The molecule has 0 radical (unpaired) electrons. The molecule has 0 amide bonds. The van der Waals surface area contributed by atoms with Crippen LogP contribution in [0.1, 0.15) is 49.1 Å². The lowest BCUT2D eigenvalue weighted by molar-refractivity contribution is 0.340. The van der Waals surface area contributed by atoms with Crippen molar-refractivity contribution in [2.24, 2.45) is 0 Å². The second-order valence-electron chi connectivity index (χ2n) is 7.58. The van der Waals surface area contributed by atoms with Gasteiger partial charge in [-0.2, -0.15) is 0 Å². The Kier molecular flexibility index (Phi) is 5.58. The number of hydrogen-bond donors (Lipinski definition) is 2. The van der Waals surface area contributed by atoms with Gasteiger partial charge in [0.15, 0.2) is 18.4 Å². The second kappa shape index (κ2) is 8.26. The van der Waals surface area contributed by atoms with E-state index in [2.05, 4.69) is 28.8 Å². The van der Waals surface area contributed by atoms with E-state index < -0.39 is 11.6 Å². The molecule has 144 valence electrons. The van der Waals surface area contributed by atoms with Gasteiger partial charge in [-0.15, -0.1) is 0 Å². The molecule has 5 heteroatoms. The molecule has 2 aromatic carbocycles. The van der Waals surface area contributed by atoms with Gasteiger partial charge in [-0.05, 0) is 86.4 Å². The molecule has 0 aromatic heterocycles. The molecule has 0 spiro atoms. The zero-order valence-corrected chi connectivity index (χ0v) is 15.4. The summed E-state index contributed by atoms with van der Waals surface area (Å²) in [6, 6.07) is 11.3. The van der Waals surface area contributed by atoms with Crippen molar-refractivity contribution < 1.29 is 13.5 Å². The fourth-order valence-electron chi connectivity index (χ4n) is 4.17. The number of fused-ring (bicyclic) bond motifs is 1. The molecular weight excluding hydrogens is 346 g/mol. The predicted molar refractivity (Wildman–Crippen MR) is 103 cm³/mol. The van der Waals surface area contributed by atoms with Crippen molar-refractivity contribution in [3.8, 4) is 5.75 Å². The molecule has 0 bridgehead atoms. The van der Waals surface area contributed by atoms with Crippen LogP contribution in [0.25, 0.3) is 0 Å². The van der Waals surface area contributed by atoms with E-state index in [0.717, 1.165) is 36.4 Å². The van der Waals surface area contributed by atoms with Gasteiger partial charge >= 0.3 is 0 Å². The molecule has 1 heterocycles. The van der Waals surface area contributed by atoms with Crippen LogP contribution in [0.15, 0.2) is 36.4 Å². The van der Waals surface area contributed by atoms with E-state index >= 15 is 0 Å². The highest BCUT2D eigenvalue weighted by atomic mass is 19.2. The highest BCUT2D eigenvalue weighted by Gasteiger charge is 2.23. The van der Waals surface area contributed by atoms with Crippen molar-refractivity contribution in [2.45, 2.75) is 50.5 Å². The molecule has 1 saturated carbocycles. The smallest absolute Gasteiger partial charge is 0.159 e. The largest absolute Gasteiger partial charge is 0.471 e. The number of anilines is 1. The molecule has 3 nitrogen and oxygen atoms in total. The van der Waals surface area contributed by atoms with E-state index in [9.17, 15) is 8.78 Å². The first-order chi connectivity index (χ1) is 13.2. The van der Waals surface area contributed by atoms with Crippen molar-refractivity contribution >= 4 is 5.69 Å². The number of ether oxygens (including phenoxy) is 1. The Morgan fingerprint density at radius 1 is 1.00 bits per heavy atom. The Morgan fingerprint density at radius 3 is 2.67 bits per heavy atom. The van der Waals surface area contributed by atoms with E-state index in [0.29, 0.717) is 18.7 Å². The highest BCUT2D eigenvalue weighted by molar-refractivity contribution is 5.60. The minimum absolute atomic E-state index is 0.554. The molecule has 1 fully saturated rings. The Hall–Kier alpha value is -2.14. The average Bonchev–Trinajstić information content (AvgIpc) is 3.16. The maximum Gasteiger partial charge on any atom is 0.159 e. The summed E-state index contributed by atoms with van der Waals surface area (Å²) in [5, 5.41) is 6.84. The summed E-state index contributed by atoms with van der Waals surface area (Å²) >= 11 is 0. The van der Waals surface area contributed by atoms with Gasteiger partial charge < -0.3 is 15.4 Å². The van der Waals surface area contributed by atoms with Crippen molar-refractivity contribution in [3.05, 3.63) is 59.2 Å². The zero-order chi connectivity index (χ0) is 18.6. The molecule has 1 aliphatic carbocycles. The number of benzene rings is 2. The van der Waals surface area contributed by atoms with Gasteiger partial charge in [0.1, 0.15) is 5.75 Å². The van der Waals surface area contributed by atoms with Crippen LogP contribution < -0.4 is 15.4 Å². The first-order valence-electron chi connectivity index (χ1n) is 9.87. The first kappa shape index (κ1) is 18.2. The third-order valence-electron chi connectivity index (χ3n) is 5.75. The summed E-state index contributed by atoms with van der Waals surface area (Å²) in [4.78, 5) is 0. The number of rotatable bonds is 6. The maximum absolute atomic E-state index is 13.2. The van der Waals surface area contributed by atoms with E-state index in [1.807, 2.05) is 0 Å². The molecular formula is C22H26F2N2O. The molecule has 27 heavy (non-hydrogen) atoms. The molecule has 2 N–H and O–H groups in total. The van der Waals surface area contributed by atoms with Crippen molar-refractivity contribution in [1.82, 2.24) is 5.32 Å². The van der Waals surface area contributed by atoms with Crippen LogP contribution in [0.5, 0.6) is 5.75 Å². The van der Waals surface area contributed by atoms with Crippen molar-refractivity contribution in [1.29, 1.82) is 0 Å². The maximum atomic E-state index is 13.2. The topological polar surface area (TPSA) is 33.3 Å². The quantitative estimate of drug-likeness (QED) is 0.702. The summed E-state index contributed by atoms with van der Waals surface area (Å²) < 4.78 is 31.8. The van der Waals surface area contributed by atoms with Crippen LogP contribution in [0.4, 0.5) is 14.5 Å². The van der Waals surface area contributed by atoms with E-state index in [4.69, 9.17) is 4.74 Å². The van der Waals surface area contributed by atoms with Gasteiger partial charge in [0.2, 0.25) is 0 Å². The van der Waals surface area contributed by atoms with Crippen molar-refractivity contribution in [2.75, 3.05) is 18.6 Å². The predicted octanol–water partition coefficient (Wildman–Crippen LogP) is 4.98. The third-order valence-corrected chi connectivity index (χ3v) is 5.75. The van der Waals surface area contributed by atoms with Gasteiger partial charge in [-0.3, -0.25) is 0 Å². The molecule has 2 aromatic rings. The van der Waals surface area contributed by atoms with Gasteiger partial charge in [0, 0.05) is 6.04 Å². The average molecular weight is 372 g/mol. The van der Waals surface area contributed by atoms with Crippen LogP contribution in [0.2, 0.25) is 0 Å². The SMILES string of the molecule is Fc1ccc(CCCNC2CCC(c3ccc4c(c3)OCN4)CC2)cc1F. The molecule has 0 saturated heterocycles. The van der Waals surface area contributed by atoms with Gasteiger partial charge in [-0.1, -0.05) is 12.1 Å². The molecule has 1 aliphatic heterocycles. The monoisotopic (exact) mass is 372 g/mol. The molecule has 2 aliphatic rings. The van der Waals surface area contributed by atoms with Crippen LogP contribution in [0.3, 0.4) is 0 Å². The van der Waals surface area contributed by atoms with Crippen LogP contribution >= 0.6 is 0 Å². The van der Waals surface area contributed by atoms with Crippen molar-refractivity contribution in [3.63, 3.8) is 0 Å². The fourth-order valence-corrected chi connectivity index (χ4v) is 4.17. The zero-order valence-electron chi connectivity index (χ0n) is 15.4. The number of hydrogen-bond acceptors (Lipinski definition) is 3. The van der Waals surface area contributed by atoms with Crippen LogP contribution in [0, 0.1) is 11.6 Å².